The molecule has 154 valence electrons. The van der Waals surface area contributed by atoms with Gasteiger partial charge in [0.25, 0.3) is 0 Å². The molecule has 0 bridgehead atoms. The predicted molar refractivity (Wildman–Crippen MR) is 133 cm³/mol. The standard InChI is InChI=1S/C15H15N.C14H12O/c1-10-6-4-8-12-14(10)15-11(2)7-5-9-13(15)16(12)3;1-9-5-3-7-11-12-8-4-6-10(2)14(12)15-13(9)11/h4-9H,1-3H3;3-8H,1-2H3. The molecule has 0 radical (unpaired) electrons. The summed E-state index contributed by atoms with van der Waals surface area (Å²) in [6.07, 6.45) is 0. The first kappa shape index (κ1) is 19.4. The Balaban J connectivity index is 0.000000132. The zero-order valence-electron chi connectivity index (χ0n) is 18.8. The summed E-state index contributed by atoms with van der Waals surface area (Å²) < 4.78 is 8.20. The summed E-state index contributed by atoms with van der Waals surface area (Å²) in [6.45, 7) is 8.54. The van der Waals surface area contributed by atoms with Crippen LogP contribution < -0.4 is 0 Å². The highest BCUT2D eigenvalue weighted by molar-refractivity contribution is 6.11. The van der Waals surface area contributed by atoms with Gasteiger partial charge in [-0.25, -0.2) is 0 Å². The van der Waals surface area contributed by atoms with Gasteiger partial charge in [-0.05, 0) is 62.1 Å². The number of hydrogen-bond acceptors (Lipinski definition) is 1. The van der Waals surface area contributed by atoms with Crippen LogP contribution in [0.25, 0.3) is 43.7 Å². The molecule has 0 aliphatic heterocycles. The lowest BCUT2D eigenvalue weighted by molar-refractivity contribution is 0.662. The zero-order chi connectivity index (χ0) is 21.7. The van der Waals surface area contributed by atoms with Gasteiger partial charge in [-0.1, -0.05) is 60.7 Å². The van der Waals surface area contributed by atoms with Crippen LogP contribution in [0.2, 0.25) is 0 Å². The van der Waals surface area contributed by atoms with Crippen LogP contribution in [0.5, 0.6) is 0 Å². The third kappa shape index (κ3) is 3.02. The molecule has 0 unspecified atom stereocenters. The van der Waals surface area contributed by atoms with Gasteiger partial charge in [-0.3, -0.25) is 0 Å². The average Bonchev–Trinajstić information content (AvgIpc) is 3.29. The number of furan rings is 1. The Bertz CT molecular complexity index is 1460. The summed E-state index contributed by atoms with van der Waals surface area (Å²) in [5, 5.41) is 5.23. The Hall–Kier alpha value is -3.52. The molecule has 0 spiro atoms. The molecule has 0 N–H and O–H groups in total. The van der Waals surface area contributed by atoms with E-state index in [1.54, 1.807) is 0 Å². The van der Waals surface area contributed by atoms with Crippen LogP contribution in [0.3, 0.4) is 0 Å². The van der Waals surface area contributed by atoms with Gasteiger partial charge in [0.05, 0.1) is 0 Å². The quantitative estimate of drug-likeness (QED) is 0.249. The van der Waals surface area contributed by atoms with E-state index in [-0.39, 0.29) is 0 Å². The Morgan fingerprint density at radius 1 is 0.516 bits per heavy atom. The van der Waals surface area contributed by atoms with E-state index < -0.39 is 0 Å². The summed E-state index contributed by atoms with van der Waals surface area (Å²) in [7, 11) is 2.14. The van der Waals surface area contributed by atoms with Crippen molar-refractivity contribution in [1.82, 2.24) is 4.57 Å². The van der Waals surface area contributed by atoms with Gasteiger partial charge in [0.1, 0.15) is 11.2 Å². The van der Waals surface area contributed by atoms with E-state index in [1.807, 2.05) is 0 Å². The summed E-state index contributed by atoms with van der Waals surface area (Å²) in [5.74, 6) is 0. The fourth-order valence-corrected chi connectivity index (χ4v) is 4.75. The van der Waals surface area contributed by atoms with Crippen molar-refractivity contribution in [3.8, 4) is 0 Å². The fraction of sp³-hybridized carbons (Fsp3) is 0.172. The molecule has 4 aromatic carbocycles. The minimum absolute atomic E-state index is 1.02. The average molecular weight is 406 g/mol. The maximum Gasteiger partial charge on any atom is 0.138 e. The number of benzene rings is 4. The highest BCUT2D eigenvalue weighted by Crippen LogP contribution is 2.33. The summed E-state index contributed by atoms with van der Waals surface area (Å²) in [5.41, 5.74) is 9.79. The second kappa shape index (κ2) is 7.31. The van der Waals surface area contributed by atoms with Gasteiger partial charge in [0.15, 0.2) is 0 Å². The van der Waals surface area contributed by atoms with E-state index in [1.165, 1.54) is 54.8 Å². The van der Waals surface area contributed by atoms with Gasteiger partial charge < -0.3 is 8.98 Å². The molecule has 0 saturated heterocycles. The first-order valence-corrected chi connectivity index (χ1v) is 10.8. The predicted octanol–water partition coefficient (Wildman–Crippen LogP) is 8.15. The normalized spacial score (nSPS) is 11.4. The van der Waals surface area contributed by atoms with Crippen LogP contribution in [0.15, 0.2) is 77.2 Å². The zero-order valence-corrected chi connectivity index (χ0v) is 18.8. The maximum absolute atomic E-state index is 5.91. The molecule has 2 heterocycles. The Morgan fingerprint density at radius 3 is 1.35 bits per heavy atom. The summed E-state index contributed by atoms with van der Waals surface area (Å²) in [4.78, 5) is 0. The second-order valence-corrected chi connectivity index (χ2v) is 8.50. The summed E-state index contributed by atoms with van der Waals surface area (Å²) >= 11 is 0. The Labute approximate surface area is 182 Å². The number of nitrogens with zero attached hydrogens (tertiary/aromatic N) is 1. The number of para-hydroxylation sites is 2. The van der Waals surface area contributed by atoms with Crippen molar-refractivity contribution in [3.05, 3.63) is 95.1 Å². The Morgan fingerprint density at radius 2 is 0.903 bits per heavy atom. The van der Waals surface area contributed by atoms with Crippen LogP contribution in [0.1, 0.15) is 22.3 Å². The maximum atomic E-state index is 5.91. The first-order chi connectivity index (χ1) is 15.0. The molecular weight excluding hydrogens is 378 g/mol. The van der Waals surface area contributed by atoms with Crippen molar-refractivity contribution < 1.29 is 4.42 Å². The molecule has 31 heavy (non-hydrogen) atoms. The third-order valence-electron chi connectivity index (χ3n) is 6.39. The Kier molecular flexibility index (Phi) is 4.59. The SMILES string of the molecule is Cc1cccc2c1c1c(C)cccc1n2C.Cc1cccc2c1oc1c(C)cccc12. The molecule has 2 aromatic heterocycles. The van der Waals surface area contributed by atoms with Gasteiger partial charge >= 0.3 is 0 Å². The molecule has 2 heteroatoms. The van der Waals surface area contributed by atoms with E-state index in [9.17, 15) is 0 Å². The number of aromatic nitrogens is 1. The lowest BCUT2D eigenvalue weighted by Gasteiger charge is -1.98. The fourth-order valence-electron chi connectivity index (χ4n) is 4.75. The lowest BCUT2D eigenvalue weighted by Crippen LogP contribution is -1.86. The van der Waals surface area contributed by atoms with Crippen molar-refractivity contribution >= 4 is 43.7 Å². The first-order valence-electron chi connectivity index (χ1n) is 10.8. The number of aryl methyl sites for hydroxylation is 5. The molecule has 6 rings (SSSR count). The summed E-state index contributed by atoms with van der Waals surface area (Å²) in [6, 6.07) is 25.6. The largest absolute Gasteiger partial charge is 0.456 e. The minimum Gasteiger partial charge on any atom is -0.456 e. The number of hydrogen-bond donors (Lipinski definition) is 0. The second-order valence-electron chi connectivity index (χ2n) is 8.50. The number of rotatable bonds is 0. The minimum atomic E-state index is 1.02. The topological polar surface area (TPSA) is 18.1 Å². The van der Waals surface area contributed by atoms with Gasteiger partial charge in [0, 0.05) is 39.6 Å². The molecule has 0 aliphatic carbocycles. The van der Waals surface area contributed by atoms with Crippen LogP contribution in [-0.2, 0) is 7.05 Å². The molecule has 0 aliphatic rings. The molecule has 0 amide bonds. The third-order valence-corrected chi connectivity index (χ3v) is 6.39. The van der Waals surface area contributed by atoms with Gasteiger partial charge in [-0.2, -0.15) is 0 Å². The van der Waals surface area contributed by atoms with Crippen molar-refractivity contribution in [2.75, 3.05) is 0 Å². The van der Waals surface area contributed by atoms with Crippen molar-refractivity contribution in [2.45, 2.75) is 27.7 Å². The van der Waals surface area contributed by atoms with E-state index in [0.29, 0.717) is 0 Å². The molecular formula is C29H27NO. The molecule has 6 aromatic rings. The molecule has 0 fully saturated rings. The molecule has 0 atom stereocenters. The van der Waals surface area contributed by atoms with Crippen LogP contribution in [0.4, 0.5) is 0 Å². The molecule has 0 saturated carbocycles. The van der Waals surface area contributed by atoms with Crippen molar-refractivity contribution in [1.29, 1.82) is 0 Å². The van der Waals surface area contributed by atoms with Gasteiger partial charge in [-0.15, -0.1) is 0 Å². The van der Waals surface area contributed by atoms with E-state index >= 15 is 0 Å². The smallest absolute Gasteiger partial charge is 0.138 e. The van der Waals surface area contributed by atoms with E-state index in [0.717, 1.165) is 11.2 Å². The number of fused-ring (bicyclic) bond motifs is 6. The van der Waals surface area contributed by atoms with E-state index in [2.05, 4.69) is 112 Å². The van der Waals surface area contributed by atoms with Gasteiger partial charge in [0.2, 0.25) is 0 Å². The van der Waals surface area contributed by atoms with Crippen LogP contribution >= 0.6 is 0 Å². The van der Waals surface area contributed by atoms with E-state index in [4.69, 9.17) is 4.42 Å². The highest BCUT2D eigenvalue weighted by Gasteiger charge is 2.11. The molecule has 2 nitrogen and oxygen atoms in total. The van der Waals surface area contributed by atoms with Crippen LogP contribution in [-0.4, -0.2) is 4.57 Å². The van der Waals surface area contributed by atoms with Crippen molar-refractivity contribution in [2.24, 2.45) is 7.05 Å². The highest BCUT2D eigenvalue weighted by atomic mass is 16.3. The monoisotopic (exact) mass is 405 g/mol. The lowest BCUT2D eigenvalue weighted by atomic mass is 10.0. The van der Waals surface area contributed by atoms with Crippen LogP contribution in [0, 0.1) is 27.7 Å². The van der Waals surface area contributed by atoms with Crippen molar-refractivity contribution in [3.63, 3.8) is 0 Å².